The van der Waals surface area contributed by atoms with E-state index in [1.54, 1.807) is 0 Å². The number of aryl methyl sites for hydroxylation is 1. The Morgan fingerprint density at radius 1 is 1.53 bits per heavy atom. The zero-order chi connectivity index (χ0) is 10.4. The number of halogens is 1. The van der Waals surface area contributed by atoms with E-state index in [4.69, 9.17) is 4.98 Å². The van der Waals surface area contributed by atoms with Crippen molar-refractivity contribution in [3.63, 3.8) is 0 Å². The quantitative estimate of drug-likeness (QED) is 0.790. The Bertz CT molecular complexity index is 530. The molecule has 1 N–H and O–H groups in total. The van der Waals surface area contributed by atoms with Crippen molar-refractivity contribution in [2.75, 3.05) is 6.54 Å². The molecule has 78 valence electrons. The van der Waals surface area contributed by atoms with Crippen molar-refractivity contribution in [1.82, 2.24) is 14.7 Å². The summed E-state index contributed by atoms with van der Waals surface area (Å²) in [5.74, 6) is 0. The van der Waals surface area contributed by atoms with Gasteiger partial charge in [0.1, 0.15) is 5.65 Å². The highest BCUT2D eigenvalue weighted by molar-refractivity contribution is 9.10. The molecule has 0 saturated carbocycles. The fraction of sp³-hybridized carbons (Fsp3) is 0.364. The van der Waals surface area contributed by atoms with Crippen molar-refractivity contribution in [2.24, 2.45) is 0 Å². The van der Waals surface area contributed by atoms with E-state index >= 15 is 0 Å². The molecule has 1 aliphatic heterocycles. The number of pyridine rings is 1. The molecule has 0 aliphatic carbocycles. The number of fused-ring (bicyclic) bond motifs is 3. The molecule has 0 radical (unpaired) electrons. The van der Waals surface area contributed by atoms with Gasteiger partial charge < -0.3 is 9.72 Å². The van der Waals surface area contributed by atoms with Gasteiger partial charge in [0.25, 0.3) is 0 Å². The van der Waals surface area contributed by atoms with E-state index in [0.717, 1.165) is 29.6 Å². The zero-order valence-electron chi connectivity index (χ0n) is 8.55. The van der Waals surface area contributed by atoms with E-state index in [1.165, 1.54) is 17.0 Å². The molecular weight excluding hydrogens is 254 g/mol. The highest BCUT2D eigenvalue weighted by atomic mass is 79.9. The highest BCUT2D eigenvalue weighted by Gasteiger charge is 2.16. The molecule has 3 rings (SSSR count). The minimum atomic E-state index is 0.923. The Kier molecular flexibility index (Phi) is 2.07. The monoisotopic (exact) mass is 265 g/mol. The second-order valence-electron chi connectivity index (χ2n) is 3.97. The van der Waals surface area contributed by atoms with Crippen LogP contribution >= 0.6 is 15.9 Å². The lowest BCUT2D eigenvalue weighted by atomic mass is 10.2. The molecule has 0 aromatic carbocycles. The first-order valence-corrected chi connectivity index (χ1v) is 5.91. The van der Waals surface area contributed by atoms with E-state index in [0.29, 0.717) is 0 Å². The number of hydrogen-bond acceptors (Lipinski definition) is 2. The summed E-state index contributed by atoms with van der Waals surface area (Å²) in [7, 11) is 0. The van der Waals surface area contributed by atoms with Gasteiger partial charge in [-0.1, -0.05) is 0 Å². The molecule has 4 heteroatoms. The van der Waals surface area contributed by atoms with Crippen LogP contribution in [0.2, 0.25) is 0 Å². The summed E-state index contributed by atoms with van der Waals surface area (Å²) in [6, 6.07) is 2.11. The lowest BCUT2D eigenvalue weighted by Gasteiger charge is -2.12. The molecule has 3 nitrogen and oxygen atoms in total. The molecule has 3 heterocycles. The molecule has 15 heavy (non-hydrogen) atoms. The van der Waals surface area contributed by atoms with Crippen molar-refractivity contribution in [1.29, 1.82) is 0 Å². The van der Waals surface area contributed by atoms with Crippen molar-refractivity contribution < 1.29 is 0 Å². The van der Waals surface area contributed by atoms with Crippen LogP contribution in [0.1, 0.15) is 17.0 Å². The Morgan fingerprint density at radius 2 is 2.40 bits per heavy atom. The van der Waals surface area contributed by atoms with Crippen LogP contribution in [0.5, 0.6) is 0 Å². The summed E-state index contributed by atoms with van der Waals surface area (Å²) in [4.78, 5) is 4.70. The predicted octanol–water partition coefficient (Wildman–Crippen LogP) is 2.05. The van der Waals surface area contributed by atoms with Crippen molar-refractivity contribution in [3.8, 4) is 0 Å². The number of imidazole rings is 1. The Morgan fingerprint density at radius 3 is 3.27 bits per heavy atom. The lowest BCUT2D eigenvalue weighted by molar-refractivity contribution is 0.621. The first kappa shape index (κ1) is 9.36. The van der Waals surface area contributed by atoms with E-state index in [2.05, 4.69) is 44.8 Å². The number of nitrogens with zero attached hydrogens (tertiary/aromatic N) is 2. The van der Waals surface area contributed by atoms with Crippen molar-refractivity contribution >= 4 is 21.6 Å². The van der Waals surface area contributed by atoms with Crippen LogP contribution in [-0.2, 0) is 13.0 Å². The van der Waals surface area contributed by atoms with Crippen molar-refractivity contribution in [3.05, 3.63) is 33.7 Å². The largest absolute Gasteiger partial charge is 0.311 e. The Balaban J connectivity index is 2.37. The summed E-state index contributed by atoms with van der Waals surface area (Å²) in [6.07, 6.45) is 3.13. The molecule has 2 aromatic rings. The van der Waals surface area contributed by atoms with Gasteiger partial charge in [-0.2, -0.15) is 0 Å². The molecule has 0 fully saturated rings. The fourth-order valence-corrected chi connectivity index (χ4v) is 2.71. The second-order valence-corrected chi connectivity index (χ2v) is 4.88. The van der Waals surface area contributed by atoms with Crippen LogP contribution in [0.25, 0.3) is 5.65 Å². The van der Waals surface area contributed by atoms with Crippen LogP contribution in [0.3, 0.4) is 0 Å². The number of hydrogen-bond donors (Lipinski definition) is 1. The fourth-order valence-electron chi connectivity index (χ4n) is 2.16. The van der Waals surface area contributed by atoms with Crippen LogP contribution < -0.4 is 5.32 Å². The first-order chi connectivity index (χ1) is 7.25. The molecule has 0 unspecified atom stereocenters. The van der Waals surface area contributed by atoms with Gasteiger partial charge in [-0.25, -0.2) is 4.98 Å². The third-order valence-electron chi connectivity index (χ3n) is 2.88. The van der Waals surface area contributed by atoms with Gasteiger partial charge in [0, 0.05) is 30.2 Å². The summed E-state index contributed by atoms with van der Waals surface area (Å²) in [6.45, 7) is 4.06. The Labute approximate surface area is 96.6 Å². The first-order valence-electron chi connectivity index (χ1n) is 5.12. The second kappa shape index (κ2) is 3.32. The van der Waals surface area contributed by atoms with E-state index in [-0.39, 0.29) is 0 Å². The zero-order valence-corrected chi connectivity index (χ0v) is 10.1. The third kappa shape index (κ3) is 1.40. The summed E-state index contributed by atoms with van der Waals surface area (Å²) < 4.78 is 3.30. The minimum Gasteiger partial charge on any atom is -0.311 e. The maximum atomic E-state index is 4.70. The molecular formula is C11H12BrN3. The molecule has 0 spiro atoms. The van der Waals surface area contributed by atoms with Crippen molar-refractivity contribution in [2.45, 2.75) is 19.9 Å². The average Bonchev–Trinajstić information content (AvgIpc) is 2.57. The topological polar surface area (TPSA) is 29.3 Å². The average molecular weight is 266 g/mol. The highest BCUT2D eigenvalue weighted by Crippen LogP contribution is 2.22. The minimum absolute atomic E-state index is 0.923. The van der Waals surface area contributed by atoms with Gasteiger partial charge in [0.2, 0.25) is 0 Å². The van der Waals surface area contributed by atoms with Gasteiger partial charge in [0.05, 0.1) is 11.4 Å². The van der Waals surface area contributed by atoms with Gasteiger partial charge in [-0.15, -0.1) is 0 Å². The van der Waals surface area contributed by atoms with E-state index in [1.807, 2.05) is 0 Å². The van der Waals surface area contributed by atoms with E-state index in [9.17, 15) is 0 Å². The summed E-state index contributed by atoms with van der Waals surface area (Å²) in [5.41, 5.74) is 4.86. The van der Waals surface area contributed by atoms with Gasteiger partial charge in [0.15, 0.2) is 0 Å². The predicted molar refractivity (Wildman–Crippen MR) is 63.0 cm³/mol. The molecule has 2 aromatic heterocycles. The summed E-state index contributed by atoms with van der Waals surface area (Å²) in [5, 5.41) is 3.38. The maximum Gasteiger partial charge on any atom is 0.140 e. The molecule has 0 bridgehead atoms. The van der Waals surface area contributed by atoms with Gasteiger partial charge in [-0.05, 0) is 34.5 Å². The number of aromatic nitrogens is 2. The van der Waals surface area contributed by atoms with Gasteiger partial charge in [-0.3, -0.25) is 0 Å². The molecule has 0 atom stereocenters. The van der Waals surface area contributed by atoms with Gasteiger partial charge >= 0.3 is 0 Å². The van der Waals surface area contributed by atoms with E-state index < -0.39 is 0 Å². The van der Waals surface area contributed by atoms with Crippen LogP contribution in [0, 0.1) is 6.92 Å². The maximum absolute atomic E-state index is 4.70. The molecule has 0 amide bonds. The summed E-state index contributed by atoms with van der Waals surface area (Å²) >= 11 is 3.53. The number of rotatable bonds is 0. The molecule has 1 aliphatic rings. The van der Waals surface area contributed by atoms with Crippen LogP contribution in [0.4, 0.5) is 0 Å². The normalized spacial score (nSPS) is 15.6. The number of nitrogens with one attached hydrogen (secondary N) is 1. The standard InChI is InChI=1S/C11H12BrN3/c1-7-4-8(12)6-15-10-5-13-3-2-9(10)14-11(7)15/h4,6,13H,2-3,5H2,1H3. The van der Waals surface area contributed by atoms with Crippen LogP contribution in [-0.4, -0.2) is 15.9 Å². The molecule has 0 saturated heterocycles. The third-order valence-corrected chi connectivity index (χ3v) is 3.32. The van der Waals surface area contributed by atoms with Crippen LogP contribution in [0.15, 0.2) is 16.7 Å². The smallest absolute Gasteiger partial charge is 0.140 e. The lowest BCUT2D eigenvalue weighted by Crippen LogP contribution is -2.24. The SMILES string of the molecule is Cc1cc(Br)cn2c3c(nc12)CCNC3. The Hall–Kier alpha value is -0.870.